The highest BCUT2D eigenvalue weighted by Crippen LogP contribution is 2.12. The molecule has 1 N–H and O–H groups in total. The Morgan fingerprint density at radius 1 is 1.21 bits per heavy atom. The fourth-order valence-electron chi connectivity index (χ4n) is 1.93. The second-order valence-electron chi connectivity index (χ2n) is 4.49. The number of hydrogen-bond donors (Lipinski definition) is 1. The number of benzene rings is 1. The van der Waals surface area contributed by atoms with Gasteiger partial charge in [-0.2, -0.15) is 5.10 Å². The Morgan fingerprint density at radius 3 is 2.68 bits per heavy atom. The summed E-state index contributed by atoms with van der Waals surface area (Å²) in [7, 11) is 1.69. The summed E-state index contributed by atoms with van der Waals surface area (Å²) >= 11 is 0. The molecule has 1 aromatic carbocycles. The van der Waals surface area contributed by atoms with Gasteiger partial charge < -0.3 is 10.1 Å². The summed E-state index contributed by atoms with van der Waals surface area (Å²) in [5, 5.41) is 7.67. The van der Waals surface area contributed by atoms with Crippen LogP contribution in [0.25, 0.3) is 0 Å². The molecule has 0 aliphatic carbocycles. The molecule has 2 aromatic rings. The van der Waals surface area contributed by atoms with Crippen molar-refractivity contribution in [1.29, 1.82) is 0 Å². The highest BCUT2D eigenvalue weighted by molar-refractivity contribution is 5.27. The van der Waals surface area contributed by atoms with Gasteiger partial charge in [-0.3, -0.25) is 4.68 Å². The Hall–Kier alpha value is -1.81. The molecular formula is C15H21N3O. The van der Waals surface area contributed by atoms with E-state index in [4.69, 9.17) is 4.74 Å². The molecule has 0 amide bonds. The molecule has 0 spiro atoms. The lowest BCUT2D eigenvalue weighted by atomic mass is 10.1. The zero-order chi connectivity index (χ0) is 13.5. The molecule has 1 aromatic heterocycles. The molecule has 4 heteroatoms. The SMILES string of the molecule is CCNCc1cnn(CCc2ccc(OC)cc2)c1. The highest BCUT2D eigenvalue weighted by Gasteiger charge is 1.99. The van der Waals surface area contributed by atoms with E-state index in [0.717, 1.165) is 31.8 Å². The van der Waals surface area contributed by atoms with Crippen molar-refractivity contribution in [3.05, 3.63) is 47.8 Å². The number of ether oxygens (including phenoxy) is 1. The predicted octanol–water partition coefficient (Wildman–Crippen LogP) is 2.24. The van der Waals surface area contributed by atoms with E-state index in [0.29, 0.717) is 0 Å². The lowest BCUT2D eigenvalue weighted by Crippen LogP contribution is -2.11. The van der Waals surface area contributed by atoms with Gasteiger partial charge in [0.05, 0.1) is 13.3 Å². The van der Waals surface area contributed by atoms with E-state index in [1.807, 2.05) is 23.0 Å². The van der Waals surface area contributed by atoms with Gasteiger partial charge in [-0.05, 0) is 30.7 Å². The Morgan fingerprint density at radius 2 is 2.00 bits per heavy atom. The molecule has 4 nitrogen and oxygen atoms in total. The maximum atomic E-state index is 5.15. The number of nitrogens with zero attached hydrogens (tertiary/aromatic N) is 2. The maximum Gasteiger partial charge on any atom is 0.118 e. The van der Waals surface area contributed by atoms with Crippen LogP contribution in [0.2, 0.25) is 0 Å². The van der Waals surface area contributed by atoms with Crippen molar-refractivity contribution in [3.8, 4) is 5.75 Å². The fourth-order valence-corrected chi connectivity index (χ4v) is 1.93. The molecule has 0 aliphatic rings. The van der Waals surface area contributed by atoms with Crippen molar-refractivity contribution in [3.63, 3.8) is 0 Å². The summed E-state index contributed by atoms with van der Waals surface area (Å²) in [6.45, 7) is 4.88. The van der Waals surface area contributed by atoms with Gasteiger partial charge in [-0.1, -0.05) is 19.1 Å². The molecule has 2 rings (SSSR count). The molecule has 102 valence electrons. The summed E-state index contributed by atoms with van der Waals surface area (Å²) < 4.78 is 7.15. The van der Waals surface area contributed by atoms with Crippen LogP contribution in [0.3, 0.4) is 0 Å². The average Bonchev–Trinajstić information content (AvgIpc) is 2.91. The van der Waals surface area contributed by atoms with E-state index >= 15 is 0 Å². The quantitative estimate of drug-likeness (QED) is 0.829. The Labute approximate surface area is 114 Å². The molecule has 0 fully saturated rings. The predicted molar refractivity (Wildman–Crippen MR) is 76.3 cm³/mol. The monoisotopic (exact) mass is 259 g/mol. The summed E-state index contributed by atoms with van der Waals surface area (Å²) in [5.74, 6) is 0.899. The van der Waals surface area contributed by atoms with Gasteiger partial charge in [0.15, 0.2) is 0 Å². The van der Waals surface area contributed by atoms with Crippen LogP contribution in [0.1, 0.15) is 18.1 Å². The molecule has 0 bridgehead atoms. The molecule has 1 heterocycles. The second-order valence-corrected chi connectivity index (χ2v) is 4.49. The van der Waals surface area contributed by atoms with Crippen LogP contribution in [-0.2, 0) is 19.5 Å². The molecule has 0 aliphatic heterocycles. The summed E-state index contributed by atoms with van der Waals surface area (Å²) in [6, 6.07) is 8.19. The summed E-state index contributed by atoms with van der Waals surface area (Å²) in [6.07, 6.45) is 5.01. The Kier molecular flexibility index (Phi) is 4.98. The van der Waals surface area contributed by atoms with Crippen molar-refractivity contribution < 1.29 is 4.74 Å². The minimum absolute atomic E-state index is 0.888. The molecule has 19 heavy (non-hydrogen) atoms. The first-order valence-electron chi connectivity index (χ1n) is 6.67. The van der Waals surface area contributed by atoms with Crippen LogP contribution in [0, 0.1) is 0 Å². The lowest BCUT2D eigenvalue weighted by molar-refractivity contribution is 0.414. The second kappa shape index (κ2) is 6.95. The van der Waals surface area contributed by atoms with E-state index in [-0.39, 0.29) is 0 Å². The summed E-state index contributed by atoms with van der Waals surface area (Å²) in [5.41, 5.74) is 2.53. The van der Waals surface area contributed by atoms with Crippen LogP contribution >= 0.6 is 0 Å². The average molecular weight is 259 g/mol. The first-order valence-corrected chi connectivity index (χ1v) is 6.67. The number of methoxy groups -OCH3 is 1. The molecule has 0 atom stereocenters. The van der Waals surface area contributed by atoms with Crippen LogP contribution in [0.5, 0.6) is 5.75 Å². The van der Waals surface area contributed by atoms with E-state index in [1.165, 1.54) is 11.1 Å². The standard InChI is InChI=1S/C15H21N3O/c1-3-16-10-14-11-17-18(12-14)9-8-13-4-6-15(19-2)7-5-13/h4-7,11-12,16H,3,8-10H2,1-2H3. The minimum atomic E-state index is 0.888. The van der Waals surface area contributed by atoms with Crippen molar-refractivity contribution in [2.75, 3.05) is 13.7 Å². The molecule has 0 unspecified atom stereocenters. The minimum Gasteiger partial charge on any atom is -0.497 e. The third-order valence-electron chi connectivity index (χ3n) is 3.05. The van der Waals surface area contributed by atoms with Crippen molar-refractivity contribution >= 4 is 0 Å². The maximum absolute atomic E-state index is 5.15. The van der Waals surface area contributed by atoms with Gasteiger partial charge in [-0.25, -0.2) is 0 Å². The largest absolute Gasteiger partial charge is 0.497 e. The normalized spacial score (nSPS) is 10.6. The zero-order valence-corrected chi connectivity index (χ0v) is 11.6. The van der Waals surface area contributed by atoms with E-state index in [9.17, 15) is 0 Å². The first-order chi connectivity index (χ1) is 9.31. The Bertz CT molecular complexity index is 490. The third-order valence-corrected chi connectivity index (χ3v) is 3.05. The fraction of sp³-hybridized carbons (Fsp3) is 0.400. The van der Waals surface area contributed by atoms with Crippen LogP contribution in [0.4, 0.5) is 0 Å². The molecule has 0 radical (unpaired) electrons. The van der Waals surface area contributed by atoms with Crippen LogP contribution in [-0.4, -0.2) is 23.4 Å². The van der Waals surface area contributed by atoms with Gasteiger partial charge >= 0.3 is 0 Å². The lowest BCUT2D eigenvalue weighted by Gasteiger charge is -2.04. The van der Waals surface area contributed by atoms with Crippen LogP contribution < -0.4 is 10.1 Å². The topological polar surface area (TPSA) is 39.1 Å². The zero-order valence-electron chi connectivity index (χ0n) is 11.6. The summed E-state index contributed by atoms with van der Waals surface area (Å²) in [4.78, 5) is 0. The van der Waals surface area contributed by atoms with Crippen molar-refractivity contribution in [2.24, 2.45) is 0 Å². The van der Waals surface area contributed by atoms with Gasteiger partial charge in [0.1, 0.15) is 5.75 Å². The third kappa shape index (κ3) is 4.10. The first kappa shape index (κ1) is 13.6. The van der Waals surface area contributed by atoms with E-state index in [1.54, 1.807) is 7.11 Å². The Balaban J connectivity index is 1.85. The van der Waals surface area contributed by atoms with Crippen molar-refractivity contribution in [2.45, 2.75) is 26.4 Å². The van der Waals surface area contributed by atoms with E-state index < -0.39 is 0 Å². The molecular weight excluding hydrogens is 238 g/mol. The number of rotatable bonds is 7. The van der Waals surface area contributed by atoms with Crippen molar-refractivity contribution in [1.82, 2.24) is 15.1 Å². The van der Waals surface area contributed by atoms with Gasteiger partial charge in [0, 0.05) is 24.8 Å². The van der Waals surface area contributed by atoms with Gasteiger partial charge in [0.2, 0.25) is 0 Å². The smallest absolute Gasteiger partial charge is 0.118 e. The van der Waals surface area contributed by atoms with Crippen LogP contribution in [0.15, 0.2) is 36.7 Å². The number of aryl methyl sites for hydroxylation is 2. The number of hydrogen-bond acceptors (Lipinski definition) is 3. The van der Waals surface area contributed by atoms with Gasteiger partial charge in [-0.15, -0.1) is 0 Å². The highest BCUT2D eigenvalue weighted by atomic mass is 16.5. The molecule has 0 saturated heterocycles. The number of aromatic nitrogens is 2. The van der Waals surface area contributed by atoms with Gasteiger partial charge in [0.25, 0.3) is 0 Å². The molecule has 0 saturated carbocycles. The van der Waals surface area contributed by atoms with E-state index in [2.05, 4.69) is 35.7 Å². The number of nitrogens with one attached hydrogen (secondary N) is 1.